The zero-order valence-electron chi connectivity index (χ0n) is 5.43. The SMILES string of the molecule is OC[C@@]1(S)CCCNC1. The average Bonchev–Trinajstić information content (AvgIpc) is 1.90. The van der Waals surface area contributed by atoms with Crippen LogP contribution in [0.15, 0.2) is 0 Å². The van der Waals surface area contributed by atoms with Gasteiger partial charge in [-0.1, -0.05) is 0 Å². The maximum atomic E-state index is 8.83. The van der Waals surface area contributed by atoms with Gasteiger partial charge in [0, 0.05) is 11.3 Å². The van der Waals surface area contributed by atoms with Crippen molar-refractivity contribution in [1.82, 2.24) is 5.32 Å². The minimum atomic E-state index is -0.141. The minimum Gasteiger partial charge on any atom is -0.395 e. The minimum absolute atomic E-state index is 0.141. The van der Waals surface area contributed by atoms with Crippen molar-refractivity contribution in [2.24, 2.45) is 0 Å². The normalized spacial score (nSPS) is 36.7. The lowest BCUT2D eigenvalue weighted by Gasteiger charge is -2.30. The monoisotopic (exact) mass is 147 g/mol. The maximum absolute atomic E-state index is 8.83. The van der Waals surface area contributed by atoms with Crippen molar-refractivity contribution in [2.75, 3.05) is 19.7 Å². The number of aliphatic hydroxyl groups is 1. The second kappa shape index (κ2) is 2.90. The molecule has 1 aliphatic rings. The molecule has 1 aliphatic heterocycles. The molecule has 0 spiro atoms. The number of thiol groups is 1. The summed E-state index contributed by atoms with van der Waals surface area (Å²) in [6.07, 6.45) is 2.16. The lowest BCUT2D eigenvalue weighted by atomic mass is 10.00. The van der Waals surface area contributed by atoms with E-state index in [4.69, 9.17) is 5.11 Å². The van der Waals surface area contributed by atoms with Crippen LogP contribution >= 0.6 is 12.6 Å². The second-order valence-corrected chi connectivity index (χ2v) is 3.61. The molecule has 0 aromatic heterocycles. The Morgan fingerprint density at radius 3 is 2.78 bits per heavy atom. The molecule has 1 fully saturated rings. The van der Waals surface area contributed by atoms with E-state index in [1.165, 1.54) is 0 Å². The van der Waals surface area contributed by atoms with Gasteiger partial charge in [-0.3, -0.25) is 0 Å². The summed E-state index contributed by atoms with van der Waals surface area (Å²) in [6, 6.07) is 0. The van der Waals surface area contributed by atoms with Crippen molar-refractivity contribution in [3.63, 3.8) is 0 Å². The Labute approximate surface area is 61.1 Å². The van der Waals surface area contributed by atoms with Gasteiger partial charge in [-0.15, -0.1) is 0 Å². The molecule has 3 heteroatoms. The molecule has 0 aromatic rings. The highest BCUT2D eigenvalue weighted by Crippen LogP contribution is 2.21. The summed E-state index contributed by atoms with van der Waals surface area (Å²) in [6.45, 7) is 2.10. The first-order chi connectivity index (χ1) is 4.27. The Morgan fingerprint density at radius 2 is 2.44 bits per heavy atom. The molecule has 1 saturated heterocycles. The van der Waals surface area contributed by atoms with Gasteiger partial charge in [-0.25, -0.2) is 0 Å². The smallest absolute Gasteiger partial charge is 0.0588 e. The van der Waals surface area contributed by atoms with E-state index in [0.29, 0.717) is 0 Å². The third-order valence-electron chi connectivity index (χ3n) is 1.74. The summed E-state index contributed by atoms with van der Waals surface area (Å²) in [5.74, 6) is 0. The van der Waals surface area contributed by atoms with Gasteiger partial charge < -0.3 is 10.4 Å². The van der Waals surface area contributed by atoms with Crippen molar-refractivity contribution in [3.8, 4) is 0 Å². The van der Waals surface area contributed by atoms with Crippen LogP contribution in [0.3, 0.4) is 0 Å². The first kappa shape index (κ1) is 7.38. The topological polar surface area (TPSA) is 32.3 Å². The van der Waals surface area contributed by atoms with Gasteiger partial charge in [0.1, 0.15) is 0 Å². The molecule has 0 saturated carbocycles. The molecule has 1 rings (SSSR count). The van der Waals surface area contributed by atoms with Gasteiger partial charge in [-0.05, 0) is 19.4 Å². The van der Waals surface area contributed by atoms with Crippen LogP contribution in [0.2, 0.25) is 0 Å². The van der Waals surface area contributed by atoms with Gasteiger partial charge in [0.2, 0.25) is 0 Å². The number of hydrogen-bond donors (Lipinski definition) is 3. The van der Waals surface area contributed by atoms with Crippen LogP contribution in [-0.2, 0) is 0 Å². The molecule has 0 aromatic carbocycles. The summed E-state index contributed by atoms with van der Waals surface area (Å²) >= 11 is 4.34. The molecule has 1 atom stereocenters. The number of nitrogens with one attached hydrogen (secondary N) is 1. The largest absolute Gasteiger partial charge is 0.395 e. The van der Waals surface area contributed by atoms with E-state index in [0.717, 1.165) is 25.9 Å². The van der Waals surface area contributed by atoms with Gasteiger partial charge in [0.05, 0.1) is 6.61 Å². The van der Waals surface area contributed by atoms with Gasteiger partial charge in [0.25, 0.3) is 0 Å². The van der Waals surface area contributed by atoms with Crippen LogP contribution in [0.25, 0.3) is 0 Å². The van der Waals surface area contributed by atoms with Crippen molar-refractivity contribution in [2.45, 2.75) is 17.6 Å². The van der Waals surface area contributed by atoms with Crippen molar-refractivity contribution in [1.29, 1.82) is 0 Å². The molecule has 0 aliphatic carbocycles. The first-order valence-corrected chi connectivity index (χ1v) is 3.75. The molecule has 0 amide bonds. The van der Waals surface area contributed by atoms with Crippen LogP contribution in [-0.4, -0.2) is 29.5 Å². The fourth-order valence-electron chi connectivity index (χ4n) is 1.09. The summed E-state index contributed by atoms with van der Waals surface area (Å²) in [5, 5.41) is 12.0. The maximum Gasteiger partial charge on any atom is 0.0588 e. The van der Waals surface area contributed by atoms with E-state index in [9.17, 15) is 0 Å². The molecular weight excluding hydrogens is 134 g/mol. The first-order valence-electron chi connectivity index (χ1n) is 3.31. The summed E-state index contributed by atoms with van der Waals surface area (Å²) < 4.78 is -0.141. The summed E-state index contributed by atoms with van der Waals surface area (Å²) in [4.78, 5) is 0. The zero-order chi connectivity index (χ0) is 6.74. The number of aliphatic hydroxyl groups excluding tert-OH is 1. The molecular formula is C6H13NOS. The average molecular weight is 147 g/mol. The molecule has 0 radical (unpaired) electrons. The van der Waals surface area contributed by atoms with Crippen molar-refractivity contribution < 1.29 is 5.11 Å². The fourth-order valence-corrected chi connectivity index (χ4v) is 1.36. The Kier molecular flexibility index (Phi) is 2.38. The summed E-state index contributed by atoms with van der Waals surface area (Å²) in [5.41, 5.74) is 0. The third kappa shape index (κ3) is 1.85. The van der Waals surface area contributed by atoms with Crippen LogP contribution in [0, 0.1) is 0 Å². The van der Waals surface area contributed by atoms with E-state index in [1.54, 1.807) is 0 Å². The van der Waals surface area contributed by atoms with E-state index in [-0.39, 0.29) is 11.4 Å². The molecule has 54 valence electrons. The van der Waals surface area contributed by atoms with Gasteiger partial charge >= 0.3 is 0 Å². The van der Waals surface area contributed by atoms with E-state index < -0.39 is 0 Å². The molecule has 2 N–H and O–H groups in total. The molecule has 0 bridgehead atoms. The van der Waals surface area contributed by atoms with E-state index >= 15 is 0 Å². The van der Waals surface area contributed by atoms with Crippen LogP contribution in [0.4, 0.5) is 0 Å². The Balaban J connectivity index is 2.37. The van der Waals surface area contributed by atoms with Gasteiger partial charge in [-0.2, -0.15) is 12.6 Å². The predicted octanol–water partition coefficient (Wildman–Crippen LogP) is 0.0307. The standard InChI is InChI=1S/C6H13NOS/c8-5-6(9)2-1-3-7-4-6/h7-9H,1-5H2/t6-/m1/s1. The van der Waals surface area contributed by atoms with E-state index in [2.05, 4.69) is 17.9 Å². The Hall–Kier alpha value is 0.270. The lowest BCUT2D eigenvalue weighted by molar-refractivity contribution is 0.223. The number of hydrogen-bond acceptors (Lipinski definition) is 3. The fraction of sp³-hybridized carbons (Fsp3) is 1.00. The third-order valence-corrected chi connectivity index (χ3v) is 2.27. The van der Waals surface area contributed by atoms with Gasteiger partial charge in [0.15, 0.2) is 0 Å². The Bertz CT molecular complexity index is 91.1. The highest BCUT2D eigenvalue weighted by Gasteiger charge is 2.26. The Morgan fingerprint density at radius 1 is 1.67 bits per heavy atom. The zero-order valence-corrected chi connectivity index (χ0v) is 6.32. The van der Waals surface area contributed by atoms with Crippen molar-refractivity contribution >= 4 is 12.6 Å². The second-order valence-electron chi connectivity index (χ2n) is 2.66. The van der Waals surface area contributed by atoms with Crippen LogP contribution < -0.4 is 5.32 Å². The number of piperidine rings is 1. The molecule has 1 heterocycles. The molecule has 2 nitrogen and oxygen atoms in total. The highest BCUT2D eigenvalue weighted by molar-refractivity contribution is 7.81. The number of rotatable bonds is 1. The summed E-state index contributed by atoms with van der Waals surface area (Å²) in [7, 11) is 0. The quantitative estimate of drug-likeness (QED) is 0.457. The predicted molar refractivity (Wildman–Crippen MR) is 40.9 cm³/mol. The van der Waals surface area contributed by atoms with Crippen molar-refractivity contribution in [3.05, 3.63) is 0 Å². The molecule has 0 unspecified atom stereocenters. The highest BCUT2D eigenvalue weighted by atomic mass is 32.1. The van der Waals surface area contributed by atoms with Crippen LogP contribution in [0.5, 0.6) is 0 Å². The molecule has 9 heavy (non-hydrogen) atoms. The van der Waals surface area contributed by atoms with Crippen LogP contribution in [0.1, 0.15) is 12.8 Å². The lowest BCUT2D eigenvalue weighted by Crippen LogP contribution is -2.43. The van der Waals surface area contributed by atoms with E-state index in [1.807, 2.05) is 0 Å².